The first-order chi connectivity index (χ1) is 7.29. The van der Waals surface area contributed by atoms with Crippen LogP contribution in [0.3, 0.4) is 0 Å². The van der Waals surface area contributed by atoms with Gasteiger partial charge >= 0.3 is 0 Å². The Bertz CT molecular complexity index is 357. The molecule has 1 nitrogen and oxygen atoms in total. The maximum Gasteiger partial charge on any atom is 0.141 e. The molecule has 1 rings (SSSR count). The van der Waals surface area contributed by atoms with Crippen molar-refractivity contribution in [3.63, 3.8) is 0 Å². The topological polar surface area (TPSA) is 20.2 Å². The SMILES string of the molecule is CC(C)(C)CCC(O)c1ccc(F)c(Cl)c1. The molecule has 0 radical (unpaired) electrons. The van der Waals surface area contributed by atoms with E-state index < -0.39 is 11.9 Å². The highest BCUT2D eigenvalue weighted by Crippen LogP contribution is 2.28. The molecule has 0 spiro atoms. The van der Waals surface area contributed by atoms with Gasteiger partial charge in [0.1, 0.15) is 5.82 Å². The summed E-state index contributed by atoms with van der Waals surface area (Å²) < 4.78 is 12.9. The number of halogens is 2. The van der Waals surface area contributed by atoms with Crippen LogP contribution in [0.5, 0.6) is 0 Å². The van der Waals surface area contributed by atoms with E-state index in [1.165, 1.54) is 12.1 Å². The molecule has 0 aliphatic heterocycles. The third-order valence-corrected chi connectivity index (χ3v) is 2.79. The van der Waals surface area contributed by atoms with Crippen molar-refractivity contribution < 1.29 is 9.50 Å². The van der Waals surface area contributed by atoms with E-state index >= 15 is 0 Å². The highest BCUT2D eigenvalue weighted by molar-refractivity contribution is 6.30. The lowest BCUT2D eigenvalue weighted by molar-refractivity contribution is 0.147. The molecule has 1 N–H and O–H groups in total. The smallest absolute Gasteiger partial charge is 0.141 e. The first kappa shape index (κ1) is 13.5. The zero-order valence-electron chi connectivity index (χ0n) is 9.93. The Kier molecular flexibility index (Phi) is 4.34. The minimum Gasteiger partial charge on any atom is -0.388 e. The summed E-state index contributed by atoms with van der Waals surface area (Å²) >= 11 is 5.66. The summed E-state index contributed by atoms with van der Waals surface area (Å²) in [5, 5.41) is 9.98. The second-order valence-corrected chi connectivity index (χ2v) is 5.70. The van der Waals surface area contributed by atoms with Gasteiger partial charge in [-0.15, -0.1) is 0 Å². The van der Waals surface area contributed by atoms with Gasteiger partial charge in [0.15, 0.2) is 0 Å². The summed E-state index contributed by atoms with van der Waals surface area (Å²) in [6.45, 7) is 6.37. The monoisotopic (exact) mass is 244 g/mol. The molecular weight excluding hydrogens is 227 g/mol. The minimum absolute atomic E-state index is 0.0623. The van der Waals surface area contributed by atoms with Crippen LogP contribution in [-0.4, -0.2) is 5.11 Å². The highest BCUT2D eigenvalue weighted by Gasteiger charge is 2.15. The second-order valence-electron chi connectivity index (χ2n) is 5.29. The summed E-state index contributed by atoms with van der Waals surface area (Å²) in [4.78, 5) is 0. The minimum atomic E-state index is -0.572. The molecule has 1 atom stereocenters. The predicted molar refractivity (Wildman–Crippen MR) is 65.1 cm³/mol. The van der Waals surface area contributed by atoms with E-state index in [1.807, 2.05) is 0 Å². The standard InChI is InChI=1S/C13H18ClFO/c1-13(2,3)7-6-12(16)9-4-5-11(15)10(14)8-9/h4-5,8,12,16H,6-7H2,1-3H3. The highest BCUT2D eigenvalue weighted by atomic mass is 35.5. The predicted octanol–water partition coefficient (Wildman–Crippen LogP) is 4.34. The van der Waals surface area contributed by atoms with Crippen molar-refractivity contribution in [2.45, 2.75) is 39.7 Å². The Balaban J connectivity index is 2.66. The van der Waals surface area contributed by atoms with Crippen LogP contribution in [0.2, 0.25) is 5.02 Å². The fourth-order valence-corrected chi connectivity index (χ4v) is 1.65. The van der Waals surface area contributed by atoms with E-state index in [4.69, 9.17) is 11.6 Å². The summed E-state index contributed by atoms with van der Waals surface area (Å²) in [5.41, 5.74) is 0.862. The Morgan fingerprint density at radius 3 is 2.50 bits per heavy atom. The van der Waals surface area contributed by atoms with Gasteiger partial charge in [-0.05, 0) is 36.0 Å². The van der Waals surface area contributed by atoms with Crippen LogP contribution >= 0.6 is 11.6 Å². The Hall–Kier alpha value is -0.600. The van der Waals surface area contributed by atoms with Gasteiger partial charge in [-0.25, -0.2) is 4.39 Å². The summed E-state index contributed by atoms with van der Waals surface area (Å²) in [6.07, 6.45) is 0.992. The normalized spacial score (nSPS) is 13.9. The van der Waals surface area contributed by atoms with Crippen LogP contribution in [-0.2, 0) is 0 Å². The van der Waals surface area contributed by atoms with Gasteiger partial charge in [0.2, 0.25) is 0 Å². The van der Waals surface area contributed by atoms with Gasteiger partial charge < -0.3 is 5.11 Å². The van der Waals surface area contributed by atoms with Crippen molar-refractivity contribution in [2.24, 2.45) is 5.41 Å². The van der Waals surface area contributed by atoms with Gasteiger partial charge in [0.05, 0.1) is 11.1 Å². The van der Waals surface area contributed by atoms with Gasteiger partial charge in [0.25, 0.3) is 0 Å². The fourth-order valence-electron chi connectivity index (χ4n) is 1.46. The Labute approximate surface area is 101 Å². The van der Waals surface area contributed by atoms with Gasteiger partial charge in [-0.3, -0.25) is 0 Å². The molecule has 0 aliphatic rings. The Morgan fingerprint density at radius 2 is 2.00 bits per heavy atom. The first-order valence-corrected chi connectivity index (χ1v) is 5.80. The molecule has 16 heavy (non-hydrogen) atoms. The zero-order chi connectivity index (χ0) is 12.3. The number of rotatable bonds is 3. The molecule has 0 heterocycles. The lowest BCUT2D eigenvalue weighted by Crippen LogP contribution is -2.08. The maximum absolute atomic E-state index is 12.9. The molecule has 1 aromatic carbocycles. The molecule has 1 aromatic rings. The molecule has 0 saturated carbocycles. The van der Waals surface area contributed by atoms with Crippen LogP contribution in [0.1, 0.15) is 45.3 Å². The van der Waals surface area contributed by atoms with Crippen molar-refractivity contribution in [1.82, 2.24) is 0 Å². The van der Waals surface area contributed by atoms with Crippen molar-refractivity contribution in [2.75, 3.05) is 0 Å². The van der Waals surface area contributed by atoms with Crippen molar-refractivity contribution >= 4 is 11.6 Å². The van der Waals surface area contributed by atoms with Crippen LogP contribution in [0, 0.1) is 11.2 Å². The fraction of sp³-hybridized carbons (Fsp3) is 0.538. The van der Waals surface area contributed by atoms with Crippen LogP contribution in [0.15, 0.2) is 18.2 Å². The van der Waals surface area contributed by atoms with Crippen molar-refractivity contribution in [3.8, 4) is 0 Å². The van der Waals surface area contributed by atoms with Crippen LogP contribution in [0.4, 0.5) is 4.39 Å². The lowest BCUT2D eigenvalue weighted by Gasteiger charge is -2.20. The molecule has 0 amide bonds. The van der Waals surface area contributed by atoms with E-state index in [-0.39, 0.29) is 10.4 Å². The van der Waals surface area contributed by atoms with Gasteiger partial charge in [-0.2, -0.15) is 0 Å². The molecule has 0 fully saturated rings. The van der Waals surface area contributed by atoms with E-state index in [0.717, 1.165) is 6.42 Å². The molecule has 1 unspecified atom stereocenters. The van der Waals surface area contributed by atoms with Crippen molar-refractivity contribution in [3.05, 3.63) is 34.6 Å². The number of aliphatic hydroxyl groups excluding tert-OH is 1. The molecular formula is C13H18ClFO. The third kappa shape index (κ3) is 4.11. The molecule has 0 saturated heterocycles. The quantitative estimate of drug-likeness (QED) is 0.839. The zero-order valence-corrected chi connectivity index (χ0v) is 10.7. The molecule has 3 heteroatoms. The number of hydrogen-bond acceptors (Lipinski definition) is 1. The first-order valence-electron chi connectivity index (χ1n) is 5.42. The van der Waals surface area contributed by atoms with E-state index in [1.54, 1.807) is 6.07 Å². The summed E-state index contributed by atoms with van der Waals surface area (Å²) in [5.74, 6) is -0.451. The lowest BCUT2D eigenvalue weighted by atomic mass is 9.88. The van der Waals surface area contributed by atoms with Crippen molar-refractivity contribution in [1.29, 1.82) is 0 Å². The average molecular weight is 245 g/mol. The molecule has 0 aromatic heterocycles. The largest absolute Gasteiger partial charge is 0.388 e. The van der Waals surface area contributed by atoms with E-state index in [9.17, 15) is 9.50 Å². The molecule has 90 valence electrons. The average Bonchev–Trinajstić information content (AvgIpc) is 2.17. The summed E-state index contributed by atoms with van der Waals surface area (Å²) in [6, 6.07) is 4.36. The molecule has 0 bridgehead atoms. The van der Waals surface area contributed by atoms with Crippen LogP contribution in [0.25, 0.3) is 0 Å². The van der Waals surface area contributed by atoms with E-state index in [2.05, 4.69) is 20.8 Å². The van der Waals surface area contributed by atoms with Gasteiger partial charge in [-0.1, -0.05) is 38.4 Å². The summed E-state index contributed by atoms with van der Waals surface area (Å²) in [7, 11) is 0. The molecule has 0 aliphatic carbocycles. The number of benzene rings is 1. The Morgan fingerprint density at radius 1 is 1.38 bits per heavy atom. The number of hydrogen-bond donors (Lipinski definition) is 1. The van der Waals surface area contributed by atoms with E-state index in [0.29, 0.717) is 12.0 Å². The second kappa shape index (κ2) is 5.15. The maximum atomic E-state index is 12.9. The van der Waals surface area contributed by atoms with Gasteiger partial charge in [0, 0.05) is 0 Å². The third-order valence-electron chi connectivity index (χ3n) is 2.50. The number of aliphatic hydroxyl groups is 1. The van der Waals surface area contributed by atoms with Crippen LogP contribution < -0.4 is 0 Å².